The van der Waals surface area contributed by atoms with Crippen LogP contribution in [-0.2, 0) is 6.42 Å². The van der Waals surface area contributed by atoms with E-state index < -0.39 is 43.3 Å². The fourth-order valence-electron chi connectivity index (χ4n) is 5.96. The quantitative estimate of drug-likeness (QED) is 0.370. The first-order valence-electron chi connectivity index (χ1n) is 12.8. The highest BCUT2D eigenvalue weighted by molar-refractivity contribution is 5.85. The molecule has 5 rings (SSSR count). The van der Waals surface area contributed by atoms with Crippen LogP contribution in [-0.4, -0.2) is 71.6 Å². The number of aromatic amines is 1. The molecule has 9 heteroatoms. The molecule has 0 amide bonds. The molecule has 2 aliphatic rings. The number of aliphatic hydroxyl groups is 1. The Labute approximate surface area is 213 Å². The summed E-state index contributed by atoms with van der Waals surface area (Å²) < 4.78 is 71.4. The molecule has 2 aromatic carbocycles. The number of aliphatic hydroxyl groups excluding tert-OH is 1. The van der Waals surface area contributed by atoms with Gasteiger partial charge in [-0.3, -0.25) is 9.29 Å². The van der Waals surface area contributed by atoms with E-state index in [0.717, 1.165) is 28.6 Å². The van der Waals surface area contributed by atoms with Gasteiger partial charge >= 0.3 is 0 Å². The van der Waals surface area contributed by atoms with Crippen molar-refractivity contribution in [2.24, 2.45) is 5.92 Å². The summed E-state index contributed by atoms with van der Waals surface area (Å²) >= 11 is 0. The number of nitrogens with one attached hydrogen (secondary N) is 1. The lowest BCUT2D eigenvalue weighted by atomic mass is 9.85. The van der Waals surface area contributed by atoms with Gasteiger partial charge < -0.3 is 15.0 Å². The molecule has 4 atom stereocenters. The largest absolute Gasteiger partial charge is 0.388 e. The molecule has 0 aliphatic carbocycles. The molecule has 0 bridgehead atoms. The fraction of sp³-hybridized carbons (Fsp3) is 0.500. The van der Waals surface area contributed by atoms with E-state index in [2.05, 4.69) is 4.98 Å². The summed E-state index contributed by atoms with van der Waals surface area (Å²) in [5.74, 6) is -1.88. The molecular weight excluding hydrogens is 489 g/mol. The van der Waals surface area contributed by atoms with Gasteiger partial charge in [0.2, 0.25) is 0 Å². The molecule has 1 saturated heterocycles. The van der Waals surface area contributed by atoms with Gasteiger partial charge in [0.25, 0.3) is 0 Å². The zero-order chi connectivity index (χ0) is 26.3. The summed E-state index contributed by atoms with van der Waals surface area (Å²) in [5.41, 5.74) is 2.17. The molecule has 2 N–H and O–H groups in total. The predicted octanol–water partition coefficient (Wildman–Crippen LogP) is 5.41. The highest BCUT2D eigenvalue weighted by Crippen LogP contribution is 2.43. The highest BCUT2D eigenvalue weighted by atomic mass is 19.2. The van der Waals surface area contributed by atoms with Crippen LogP contribution in [0.4, 0.5) is 22.0 Å². The van der Waals surface area contributed by atoms with Crippen LogP contribution < -0.4 is 0 Å². The van der Waals surface area contributed by atoms with Gasteiger partial charge in [-0.15, -0.1) is 0 Å². The Morgan fingerprint density at radius 2 is 1.81 bits per heavy atom. The lowest BCUT2D eigenvalue weighted by molar-refractivity contribution is -0.00641. The van der Waals surface area contributed by atoms with Crippen LogP contribution in [0.15, 0.2) is 36.4 Å². The predicted molar refractivity (Wildman–Crippen MR) is 133 cm³/mol. The van der Waals surface area contributed by atoms with Crippen molar-refractivity contribution in [3.8, 4) is 0 Å². The monoisotopic (exact) mass is 521 g/mol. The van der Waals surface area contributed by atoms with E-state index in [9.17, 15) is 18.3 Å². The van der Waals surface area contributed by atoms with Crippen LogP contribution in [0.5, 0.6) is 0 Å². The van der Waals surface area contributed by atoms with Gasteiger partial charge in [0.15, 0.2) is 0 Å². The van der Waals surface area contributed by atoms with Gasteiger partial charge in [-0.25, -0.2) is 17.6 Å². The summed E-state index contributed by atoms with van der Waals surface area (Å²) in [4.78, 5) is 6.89. The lowest BCUT2D eigenvalue weighted by Gasteiger charge is -2.42. The minimum Gasteiger partial charge on any atom is -0.388 e. The molecule has 200 valence electrons. The number of fused-ring (bicyclic) bond motifs is 3. The molecular formula is C28H32F5N3O. The summed E-state index contributed by atoms with van der Waals surface area (Å²) in [6, 6.07) is 8.58. The number of rotatable bonds is 9. The molecule has 3 heterocycles. The fourth-order valence-corrected chi connectivity index (χ4v) is 5.96. The topological polar surface area (TPSA) is 42.5 Å². The SMILES string of the molecule is C[C@@H]1Cc2c([nH]c3ccccc23)[C@@H](c2c(F)cc([C@H](O)C3CN(CCCF)C3)cc2F)N1C[C@@H](F)CF. The second kappa shape index (κ2) is 10.7. The van der Waals surface area contributed by atoms with E-state index in [1.807, 2.05) is 36.1 Å². The van der Waals surface area contributed by atoms with Crippen molar-refractivity contribution in [1.82, 2.24) is 14.8 Å². The molecule has 2 aliphatic heterocycles. The van der Waals surface area contributed by atoms with Crippen molar-refractivity contribution < 1.29 is 27.1 Å². The molecule has 1 fully saturated rings. The molecule has 4 nitrogen and oxygen atoms in total. The van der Waals surface area contributed by atoms with E-state index in [-0.39, 0.29) is 29.6 Å². The van der Waals surface area contributed by atoms with Crippen molar-refractivity contribution in [2.45, 2.75) is 44.1 Å². The van der Waals surface area contributed by atoms with Crippen LogP contribution in [0, 0.1) is 17.6 Å². The van der Waals surface area contributed by atoms with Crippen LogP contribution >= 0.6 is 0 Å². The smallest absolute Gasteiger partial charge is 0.141 e. The first kappa shape index (κ1) is 26.1. The molecule has 0 unspecified atom stereocenters. The van der Waals surface area contributed by atoms with Gasteiger partial charge in [-0.1, -0.05) is 18.2 Å². The summed E-state index contributed by atoms with van der Waals surface area (Å²) in [6.45, 7) is 1.58. The van der Waals surface area contributed by atoms with E-state index >= 15 is 8.78 Å². The zero-order valence-corrected chi connectivity index (χ0v) is 20.7. The van der Waals surface area contributed by atoms with Gasteiger partial charge in [0.1, 0.15) is 24.5 Å². The molecule has 1 aromatic heterocycles. The van der Waals surface area contributed by atoms with Crippen LogP contribution in [0.25, 0.3) is 10.9 Å². The maximum Gasteiger partial charge on any atom is 0.141 e. The van der Waals surface area contributed by atoms with Crippen LogP contribution in [0.2, 0.25) is 0 Å². The van der Waals surface area contributed by atoms with E-state index in [0.29, 0.717) is 38.2 Å². The van der Waals surface area contributed by atoms with Crippen LogP contribution in [0.1, 0.15) is 47.9 Å². The Kier molecular flexibility index (Phi) is 7.56. The number of nitrogens with zero attached hydrogens (tertiary/aromatic N) is 2. The second-order valence-corrected chi connectivity index (χ2v) is 10.4. The number of hydrogen-bond donors (Lipinski definition) is 2. The lowest BCUT2D eigenvalue weighted by Crippen LogP contribution is -2.49. The molecule has 0 spiro atoms. The van der Waals surface area contributed by atoms with Crippen molar-refractivity contribution in [3.05, 3.63) is 70.4 Å². The van der Waals surface area contributed by atoms with Gasteiger partial charge in [0, 0.05) is 60.3 Å². The van der Waals surface area contributed by atoms with Crippen molar-refractivity contribution in [1.29, 1.82) is 0 Å². The average Bonchev–Trinajstić information content (AvgIpc) is 3.22. The number of para-hydroxylation sites is 1. The van der Waals surface area contributed by atoms with E-state index in [4.69, 9.17) is 0 Å². The normalized spacial score (nSPS) is 22.7. The number of aromatic nitrogens is 1. The van der Waals surface area contributed by atoms with E-state index in [1.165, 1.54) is 0 Å². The Bertz CT molecular complexity index is 1220. The van der Waals surface area contributed by atoms with Crippen molar-refractivity contribution in [3.63, 3.8) is 0 Å². The Balaban J connectivity index is 1.51. The first-order valence-corrected chi connectivity index (χ1v) is 12.8. The Morgan fingerprint density at radius 1 is 1.11 bits per heavy atom. The average molecular weight is 522 g/mol. The van der Waals surface area contributed by atoms with Crippen molar-refractivity contribution >= 4 is 10.9 Å². The maximum atomic E-state index is 15.7. The molecule has 0 saturated carbocycles. The number of alkyl halides is 3. The Morgan fingerprint density at radius 3 is 2.49 bits per heavy atom. The highest BCUT2D eigenvalue weighted by Gasteiger charge is 2.40. The minimum absolute atomic E-state index is 0.133. The summed E-state index contributed by atoms with van der Waals surface area (Å²) in [6.07, 6.45) is -1.92. The number of halogens is 5. The zero-order valence-electron chi connectivity index (χ0n) is 20.7. The third-order valence-corrected chi connectivity index (χ3v) is 7.85. The standard InChI is InChI=1S/C28H32F5N3O/c1-16-9-21-20-5-2-3-6-24(20)34-26(21)27(36(16)15-19(31)12-30)25-22(32)10-17(11-23(25)33)28(37)18-13-35(14-18)8-4-7-29/h2-3,5-6,10-11,16,18-19,27-28,34,37H,4,7-9,12-15H2,1H3/t16-,19+,27-,28+/m1/s1. The molecule has 0 radical (unpaired) electrons. The van der Waals surface area contributed by atoms with E-state index in [1.54, 1.807) is 4.90 Å². The van der Waals surface area contributed by atoms with Crippen LogP contribution in [0.3, 0.4) is 0 Å². The van der Waals surface area contributed by atoms with Gasteiger partial charge in [-0.05, 0) is 49.1 Å². The number of benzene rings is 2. The maximum absolute atomic E-state index is 15.7. The third-order valence-electron chi connectivity index (χ3n) is 7.85. The van der Waals surface area contributed by atoms with Gasteiger partial charge in [-0.2, -0.15) is 0 Å². The Hall–Kier alpha value is -2.49. The first-order chi connectivity index (χ1) is 17.8. The summed E-state index contributed by atoms with van der Waals surface area (Å²) in [7, 11) is 0. The van der Waals surface area contributed by atoms with Gasteiger partial charge in [0.05, 0.1) is 18.8 Å². The van der Waals surface area contributed by atoms with Crippen molar-refractivity contribution in [2.75, 3.05) is 39.5 Å². The number of hydrogen-bond acceptors (Lipinski definition) is 3. The second-order valence-electron chi connectivity index (χ2n) is 10.4. The number of H-pyrrole nitrogens is 1. The molecule has 37 heavy (non-hydrogen) atoms. The molecule has 3 aromatic rings. The third kappa shape index (κ3) is 4.89. The summed E-state index contributed by atoms with van der Waals surface area (Å²) in [5, 5.41) is 11.7. The minimum atomic E-state index is -1.79. The number of likely N-dealkylation sites (tertiary alicyclic amines) is 1.